The number of nitriles is 1. The molecular formula is C22H25N5O4. The van der Waals surface area contributed by atoms with E-state index in [2.05, 4.69) is 28.3 Å². The quantitative estimate of drug-likeness (QED) is 0.711. The third kappa shape index (κ3) is 4.84. The number of rotatable bonds is 5. The number of carbonyl (C=O) groups is 1. The lowest BCUT2D eigenvalue weighted by atomic mass is 10.1. The van der Waals surface area contributed by atoms with E-state index in [0.29, 0.717) is 53.6 Å². The van der Waals surface area contributed by atoms with E-state index in [1.165, 1.54) is 4.90 Å². The van der Waals surface area contributed by atoms with Gasteiger partial charge < -0.3 is 24.8 Å². The summed E-state index contributed by atoms with van der Waals surface area (Å²) in [7, 11) is 3.13. The Kier molecular flexibility index (Phi) is 6.56. The number of ether oxygens (including phenoxy) is 2. The second-order valence-corrected chi connectivity index (χ2v) is 7.45. The molecule has 1 aromatic carbocycles. The third-order valence-corrected chi connectivity index (χ3v) is 4.90. The molecule has 2 heterocycles. The molecule has 9 heteroatoms. The first-order chi connectivity index (χ1) is 14.9. The number of carboxylic acid groups (broad SMARTS) is 1. The number of aromatic nitrogens is 2. The Hall–Kier alpha value is -3.85. The summed E-state index contributed by atoms with van der Waals surface area (Å²) in [5, 5.41) is 27.0. The molecule has 1 fully saturated rings. The van der Waals surface area contributed by atoms with Crippen LogP contribution in [0.5, 0.6) is 11.5 Å². The van der Waals surface area contributed by atoms with Gasteiger partial charge in [-0.15, -0.1) is 0 Å². The first-order valence-electron chi connectivity index (χ1n) is 9.88. The Bertz CT molecular complexity index is 1050. The highest BCUT2D eigenvalue weighted by Gasteiger charge is 2.31. The molecule has 1 atom stereocenters. The van der Waals surface area contributed by atoms with E-state index in [1.807, 2.05) is 13.8 Å². The highest BCUT2D eigenvalue weighted by atomic mass is 16.5. The molecule has 1 aromatic heterocycles. The molecule has 1 amide bonds. The van der Waals surface area contributed by atoms with E-state index in [4.69, 9.17) is 9.47 Å². The summed E-state index contributed by atoms with van der Waals surface area (Å²) in [6.45, 7) is 4.66. The summed E-state index contributed by atoms with van der Waals surface area (Å²) < 4.78 is 12.3. The van der Waals surface area contributed by atoms with Crippen LogP contribution >= 0.6 is 0 Å². The van der Waals surface area contributed by atoms with Crippen LogP contribution in [0.4, 0.5) is 10.6 Å². The zero-order chi connectivity index (χ0) is 22.5. The van der Waals surface area contributed by atoms with Crippen LogP contribution in [0.2, 0.25) is 0 Å². The number of methoxy groups -OCH3 is 2. The van der Waals surface area contributed by atoms with Gasteiger partial charge in [0.05, 0.1) is 20.3 Å². The molecule has 0 aliphatic carbocycles. The van der Waals surface area contributed by atoms with E-state index in [9.17, 15) is 15.2 Å². The number of nitrogens with zero attached hydrogens (tertiary/aromatic N) is 4. The lowest BCUT2D eigenvalue weighted by molar-refractivity contribution is 0.154. The number of nitrogens with one attached hydrogen (secondary N) is 1. The molecule has 0 unspecified atom stereocenters. The SMILES string of the molecule is COc1cc(C#Cc2nn([C@H]3CCN(C(=O)O)C3)c(NC(C)C)c2C#N)cc(OC)c1. The molecule has 9 nitrogen and oxygen atoms in total. The lowest BCUT2D eigenvalue weighted by Gasteiger charge is -2.18. The second kappa shape index (κ2) is 9.31. The van der Waals surface area contributed by atoms with Crippen LogP contribution in [-0.2, 0) is 0 Å². The Balaban J connectivity index is 2.03. The maximum absolute atomic E-state index is 11.3. The predicted molar refractivity (Wildman–Crippen MR) is 114 cm³/mol. The van der Waals surface area contributed by atoms with Gasteiger partial charge in [0.15, 0.2) is 5.69 Å². The van der Waals surface area contributed by atoms with E-state index in [0.717, 1.165) is 0 Å². The standard InChI is InChI=1S/C22H25N5O4/c1-14(2)24-21-19(12-23)20(25-27(21)16-7-8-26(13-16)22(28)29)6-5-15-9-17(30-3)11-18(10-15)31-4/h9-11,14,16,24H,7-8,13H2,1-4H3,(H,28,29)/t16-/m0/s1. The molecule has 3 rings (SSSR count). The van der Waals surface area contributed by atoms with Gasteiger partial charge in [-0.05, 0) is 38.3 Å². The van der Waals surface area contributed by atoms with E-state index < -0.39 is 6.09 Å². The van der Waals surface area contributed by atoms with Crippen molar-refractivity contribution in [3.05, 3.63) is 35.0 Å². The summed E-state index contributed by atoms with van der Waals surface area (Å²) in [4.78, 5) is 12.7. The van der Waals surface area contributed by atoms with Crippen molar-refractivity contribution >= 4 is 11.9 Å². The minimum absolute atomic E-state index is 0.0583. The fraction of sp³-hybridized carbons (Fsp3) is 0.409. The van der Waals surface area contributed by atoms with Crippen LogP contribution in [-0.4, -0.2) is 59.2 Å². The second-order valence-electron chi connectivity index (χ2n) is 7.45. The largest absolute Gasteiger partial charge is 0.497 e. The molecule has 0 radical (unpaired) electrons. The first-order valence-corrected chi connectivity index (χ1v) is 9.88. The van der Waals surface area contributed by atoms with E-state index in [-0.39, 0.29) is 12.1 Å². The van der Waals surface area contributed by atoms with Crippen molar-refractivity contribution in [3.63, 3.8) is 0 Å². The molecule has 1 aliphatic rings. The molecule has 0 spiro atoms. The molecule has 1 aliphatic heterocycles. The molecule has 0 saturated carbocycles. The zero-order valence-corrected chi connectivity index (χ0v) is 18.0. The van der Waals surface area contributed by atoms with E-state index in [1.54, 1.807) is 37.1 Å². The monoisotopic (exact) mass is 423 g/mol. The predicted octanol–water partition coefficient (Wildman–Crippen LogP) is 2.92. The summed E-state index contributed by atoms with van der Waals surface area (Å²) in [5.41, 5.74) is 1.33. The van der Waals surface area contributed by atoms with Gasteiger partial charge >= 0.3 is 6.09 Å². The summed E-state index contributed by atoms with van der Waals surface area (Å²) in [5.74, 6) is 7.79. The highest BCUT2D eigenvalue weighted by molar-refractivity contribution is 5.65. The highest BCUT2D eigenvalue weighted by Crippen LogP contribution is 2.29. The minimum atomic E-state index is -0.958. The van der Waals surface area contributed by atoms with Crippen molar-refractivity contribution in [2.24, 2.45) is 0 Å². The molecule has 31 heavy (non-hydrogen) atoms. The fourth-order valence-corrected chi connectivity index (χ4v) is 3.43. The lowest BCUT2D eigenvalue weighted by Crippen LogP contribution is -2.28. The Morgan fingerprint density at radius 3 is 2.45 bits per heavy atom. The Morgan fingerprint density at radius 2 is 1.94 bits per heavy atom. The molecule has 0 bridgehead atoms. The van der Waals surface area contributed by atoms with Gasteiger partial charge in [0.2, 0.25) is 0 Å². The van der Waals surface area contributed by atoms with Gasteiger partial charge in [-0.2, -0.15) is 10.4 Å². The van der Waals surface area contributed by atoms with Crippen molar-refractivity contribution in [1.29, 1.82) is 5.26 Å². The van der Waals surface area contributed by atoms with Gasteiger partial charge in [0.1, 0.15) is 28.9 Å². The molecular weight excluding hydrogens is 398 g/mol. The smallest absolute Gasteiger partial charge is 0.407 e. The van der Waals surface area contributed by atoms with Crippen LogP contribution < -0.4 is 14.8 Å². The zero-order valence-electron chi connectivity index (χ0n) is 18.0. The van der Waals surface area contributed by atoms with Crippen LogP contribution in [0, 0.1) is 23.2 Å². The van der Waals surface area contributed by atoms with Crippen LogP contribution in [0.15, 0.2) is 18.2 Å². The van der Waals surface area contributed by atoms with Gasteiger partial charge in [0.25, 0.3) is 0 Å². The van der Waals surface area contributed by atoms with Crippen LogP contribution in [0.3, 0.4) is 0 Å². The van der Waals surface area contributed by atoms with E-state index >= 15 is 0 Å². The maximum Gasteiger partial charge on any atom is 0.407 e. The van der Waals surface area contributed by atoms with Crippen molar-refractivity contribution in [3.8, 4) is 29.4 Å². The van der Waals surface area contributed by atoms with Crippen LogP contribution in [0.1, 0.15) is 43.1 Å². The summed E-state index contributed by atoms with van der Waals surface area (Å²) in [6.07, 6.45) is -0.341. The number of likely N-dealkylation sites (tertiary alicyclic amines) is 1. The van der Waals surface area contributed by atoms with Gasteiger partial charge in [-0.3, -0.25) is 0 Å². The maximum atomic E-state index is 11.3. The average Bonchev–Trinajstić information content (AvgIpc) is 3.36. The van der Waals surface area contributed by atoms with Gasteiger partial charge in [-0.1, -0.05) is 5.92 Å². The molecule has 162 valence electrons. The van der Waals surface area contributed by atoms with Crippen molar-refractivity contribution in [2.75, 3.05) is 32.6 Å². The summed E-state index contributed by atoms with van der Waals surface area (Å²) in [6, 6.07) is 7.38. The third-order valence-electron chi connectivity index (χ3n) is 4.90. The van der Waals surface area contributed by atoms with Crippen molar-refractivity contribution in [2.45, 2.75) is 32.4 Å². The number of benzene rings is 1. The van der Waals surface area contributed by atoms with Crippen molar-refractivity contribution < 1.29 is 19.4 Å². The van der Waals surface area contributed by atoms with Gasteiger partial charge in [-0.25, -0.2) is 9.48 Å². The van der Waals surface area contributed by atoms with Crippen molar-refractivity contribution in [1.82, 2.24) is 14.7 Å². The first kappa shape index (κ1) is 21.8. The number of hydrogen-bond donors (Lipinski definition) is 2. The minimum Gasteiger partial charge on any atom is -0.497 e. The number of hydrogen-bond acceptors (Lipinski definition) is 6. The Morgan fingerprint density at radius 1 is 1.26 bits per heavy atom. The van der Waals surface area contributed by atoms with Gasteiger partial charge in [0, 0.05) is 30.8 Å². The Labute approximate surface area is 181 Å². The summed E-state index contributed by atoms with van der Waals surface area (Å²) >= 11 is 0. The van der Waals surface area contributed by atoms with Crippen LogP contribution in [0.25, 0.3) is 0 Å². The normalized spacial score (nSPS) is 15.2. The fourth-order valence-electron chi connectivity index (χ4n) is 3.43. The molecule has 2 aromatic rings. The topological polar surface area (TPSA) is 113 Å². The number of anilines is 1. The average molecular weight is 423 g/mol. The molecule has 2 N–H and O–H groups in total. The molecule has 1 saturated heterocycles. The number of amides is 1.